The third kappa shape index (κ3) is 4.16. The number of β-amino-alcohol motifs (C(OH)–C–C–N with tert-alkyl or cyclic N) is 1. The Labute approximate surface area is 133 Å². The molecule has 1 atom stereocenters. The van der Waals surface area contributed by atoms with Gasteiger partial charge in [0.15, 0.2) is 0 Å². The molecule has 1 N–H and O–H groups in total. The summed E-state index contributed by atoms with van der Waals surface area (Å²) in [6, 6.07) is 7.06. The smallest absolute Gasteiger partial charge is 0.133 e. The lowest BCUT2D eigenvalue weighted by molar-refractivity contribution is 0.0595. The lowest BCUT2D eigenvalue weighted by Crippen LogP contribution is -2.47. The Morgan fingerprint density at radius 1 is 1.09 bits per heavy atom. The van der Waals surface area contributed by atoms with E-state index < -0.39 is 11.9 Å². The summed E-state index contributed by atoms with van der Waals surface area (Å²) in [5.74, 6) is -0.224. The van der Waals surface area contributed by atoms with Gasteiger partial charge in [0.25, 0.3) is 0 Å². The van der Waals surface area contributed by atoms with E-state index in [1.807, 2.05) is 0 Å². The van der Waals surface area contributed by atoms with E-state index in [-0.39, 0.29) is 5.82 Å². The molecular formula is C17H20F2N2O2. The highest BCUT2D eigenvalue weighted by Crippen LogP contribution is 2.17. The topological polar surface area (TPSA) is 39.9 Å². The second kappa shape index (κ2) is 7.21. The molecule has 0 aliphatic carbocycles. The number of hydrogen-bond acceptors (Lipinski definition) is 4. The molecule has 6 heteroatoms. The monoisotopic (exact) mass is 322 g/mol. The molecule has 0 amide bonds. The van der Waals surface area contributed by atoms with Crippen LogP contribution in [0.1, 0.15) is 17.4 Å². The van der Waals surface area contributed by atoms with Gasteiger partial charge in [0.2, 0.25) is 0 Å². The fraction of sp³-hybridized carbons (Fsp3) is 0.412. The molecule has 1 saturated heterocycles. The van der Waals surface area contributed by atoms with Crippen molar-refractivity contribution in [1.29, 1.82) is 0 Å². The predicted molar refractivity (Wildman–Crippen MR) is 81.7 cm³/mol. The number of aliphatic hydroxyl groups excluding tert-OH is 1. The molecule has 2 aromatic rings. The molecule has 3 rings (SSSR count). The fourth-order valence-corrected chi connectivity index (χ4v) is 2.85. The Kier molecular flexibility index (Phi) is 5.05. The molecule has 1 unspecified atom stereocenters. The average molecular weight is 322 g/mol. The number of furan rings is 1. The van der Waals surface area contributed by atoms with Gasteiger partial charge in [-0.15, -0.1) is 0 Å². The highest BCUT2D eigenvalue weighted by Gasteiger charge is 2.21. The first-order valence-electron chi connectivity index (χ1n) is 7.72. The number of piperazine rings is 1. The van der Waals surface area contributed by atoms with Crippen LogP contribution >= 0.6 is 0 Å². The van der Waals surface area contributed by atoms with Crippen molar-refractivity contribution in [2.45, 2.75) is 12.6 Å². The summed E-state index contributed by atoms with van der Waals surface area (Å²) in [6.07, 6.45) is 0.904. The predicted octanol–water partition coefficient (Wildman–Crippen LogP) is 2.41. The van der Waals surface area contributed by atoms with Gasteiger partial charge in [-0.1, -0.05) is 0 Å². The quantitative estimate of drug-likeness (QED) is 0.918. The van der Waals surface area contributed by atoms with Gasteiger partial charge >= 0.3 is 0 Å². The molecule has 1 aromatic heterocycles. The van der Waals surface area contributed by atoms with Gasteiger partial charge in [-0.05, 0) is 30.3 Å². The summed E-state index contributed by atoms with van der Waals surface area (Å²) in [7, 11) is 0. The number of benzene rings is 1. The molecule has 4 nitrogen and oxygen atoms in total. The summed E-state index contributed by atoms with van der Waals surface area (Å²) in [4.78, 5) is 4.24. The number of nitrogens with zero attached hydrogens (tertiary/aromatic N) is 2. The van der Waals surface area contributed by atoms with Crippen LogP contribution in [0.3, 0.4) is 0 Å². The van der Waals surface area contributed by atoms with Gasteiger partial charge in [0.05, 0.1) is 6.26 Å². The van der Waals surface area contributed by atoms with Crippen LogP contribution in [-0.2, 0) is 6.54 Å². The third-order valence-corrected chi connectivity index (χ3v) is 4.17. The molecule has 124 valence electrons. The van der Waals surface area contributed by atoms with Crippen LogP contribution in [-0.4, -0.2) is 47.6 Å². The summed E-state index contributed by atoms with van der Waals surface area (Å²) in [5.41, 5.74) is 0.383. The van der Waals surface area contributed by atoms with E-state index in [2.05, 4.69) is 9.80 Å². The summed E-state index contributed by atoms with van der Waals surface area (Å²) >= 11 is 0. The normalized spacial score (nSPS) is 18.2. The lowest BCUT2D eigenvalue weighted by atomic mass is 10.1. The molecule has 1 fully saturated rings. The molecule has 0 radical (unpaired) electrons. The SMILES string of the molecule is OC(CN1CCN(Cc2cc(F)ccc2F)CC1)c1ccco1. The Balaban J connectivity index is 1.49. The van der Waals surface area contributed by atoms with E-state index in [0.717, 1.165) is 32.2 Å². The van der Waals surface area contributed by atoms with Crippen LogP contribution in [0.5, 0.6) is 0 Å². The first-order chi connectivity index (χ1) is 11.1. The van der Waals surface area contributed by atoms with Gasteiger partial charge in [-0.3, -0.25) is 9.80 Å². The number of halogens is 2. The van der Waals surface area contributed by atoms with E-state index in [1.165, 1.54) is 12.1 Å². The zero-order chi connectivity index (χ0) is 16.2. The van der Waals surface area contributed by atoms with Gasteiger partial charge in [0.1, 0.15) is 23.5 Å². The maximum absolute atomic E-state index is 13.7. The van der Waals surface area contributed by atoms with Gasteiger partial charge < -0.3 is 9.52 Å². The molecule has 0 saturated carbocycles. The first-order valence-corrected chi connectivity index (χ1v) is 7.72. The molecule has 1 aliphatic heterocycles. The standard InChI is InChI=1S/C17H20F2N2O2/c18-14-3-4-15(19)13(10-14)11-20-5-7-21(8-6-20)12-16(22)17-2-1-9-23-17/h1-4,9-10,16,22H,5-8,11-12H2. The minimum absolute atomic E-state index is 0.373. The number of hydrogen-bond donors (Lipinski definition) is 1. The lowest BCUT2D eigenvalue weighted by Gasteiger charge is -2.35. The van der Waals surface area contributed by atoms with Crippen LogP contribution in [0.15, 0.2) is 41.0 Å². The second-order valence-electron chi connectivity index (χ2n) is 5.84. The van der Waals surface area contributed by atoms with Crippen molar-refractivity contribution in [3.8, 4) is 0 Å². The Bertz CT molecular complexity index is 626. The molecule has 0 spiro atoms. The van der Waals surface area contributed by atoms with Crippen LogP contribution in [0.2, 0.25) is 0 Å². The average Bonchev–Trinajstić information content (AvgIpc) is 3.07. The maximum atomic E-state index is 13.7. The zero-order valence-electron chi connectivity index (χ0n) is 12.8. The van der Waals surface area contributed by atoms with Crippen molar-refractivity contribution in [3.63, 3.8) is 0 Å². The highest BCUT2D eigenvalue weighted by molar-refractivity contribution is 5.18. The molecule has 2 heterocycles. The molecule has 23 heavy (non-hydrogen) atoms. The van der Waals surface area contributed by atoms with Crippen LogP contribution < -0.4 is 0 Å². The molecule has 0 bridgehead atoms. The molecule has 1 aromatic carbocycles. The second-order valence-corrected chi connectivity index (χ2v) is 5.84. The third-order valence-electron chi connectivity index (χ3n) is 4.17. The molecule has 1 aliphatic rings. The van der Waals surface area contributed by atoms with Crippen molar-refractivity contribution in [2.75, 3.05) is 32.7 Å². The van der Waals surface area contributed by atoms with Crippen molar-refractivity contribution < 1.29 is 18.3 Å². The number of rotatable bonds is 5. The largest absolute Gasteiger partial charge is 0.467 e. The van der Waals surface area contributed by atoms with Crippen LogP contribution in [0, 0.1) is 11.6 Å². The van der Waals surface area contributed by atoms with Gasteiger partial charge in [0, 0.05) is 44.8 Å². The first kappa shape index (κ1) is 16.1. The zero-order valence-corrected chi connectivity index (χ0v) is 12.8. The van der Waals surface area contributed by atoms with Gasteiger partial charge in [-0.25, -0.2) is 8.78 Å². The van der Waals surface area contributed by atoms with E-state index in [0.29, 0.717) is 24.4 Å². The van der Waals surface area contributed by atoms with Crippen LogP contribution in [0.25, 0.3) is 0 Å². The van der Waals surface area contributed by atoms with E-state index in [1.54, 1.807) is 18.4 Å². The minimum atomic E-state index is -0.641. The Morgan fingerprint density at radius 3 is 2.52 bits per heavy atom. The van der Waals surface area contributed by atoms with E-state index in [4.69, 9.17) is 4.42 Å². The highest BCUT2D eigenvalue weighted by atomic mass is 19.1. The van der Waals surface area contributed by atoms with Crippen molar-refractivity contribution in [2.24, 2.45) is 0 Å². The van der Waals surface area contributed by atoms with E-state index in [9.17, 15) is 13.9 Å². The Hall–Kier alpha value is -1.76. The summed E-state index contributed by atoms with van der Waals surface area (Å²) < 4.78 is 32.1. The van der Waals surface area contributed by atoms with Crippen molar-refractivity contribution in [1.82, 2.24) is 9.80 Å². The van der Waals surface area contributed by atoms with E-state index >= 15 is 0 Å². The number of aliphatic hydroxyl groups is 1. The van der Waals surface area contributed by atoms with Crippen molar-refractivity contribution in [3.05, 3.63) is 59.6 Å². The van der Waals surface area contributed by atoms with Crippen LogP contribution in [0.4, 0.5) is 8.78 Å². The van der Waals surface area contributed by atoms with Crippen molar-refractivity contribution >= 4 is 0 Å². The van der Waals surface area contributed by atoms with Gasteiger partial charge in [-0.2, -0.15) is 0 Å². The minimum Gasteiger partial charge on any atom is -0.467 e. The summed E-state index contributed by atoms with van der Waals surface area (Å²) in [5, 5.41) is 10.1. The maximum Gasteiger partial charge on any atom is 0.133 e. The summed E-state index contributed by atoms with van der Waals surface area (Å²) in [6.45, 7) is 3.96. The fourth-order valence-electron chi connectivity index (χ4n) is 2.85. The Morgan fingerprint density at radius 2 is 1.83 bits per heavy atom. The molecular weight excluding hydrogens is 302 g/mol.